The number of hydrogen-bond acceptors (Lipinski definition) is 2. The normalized spacial score (nSPS) is 20.8. The Labute approximate surface area is 118 Å². The summed E-state index contributed by atoms with van der Waals surface area (Å²) in [5.74, 6) is 0. The van der Waals surface area contributed by atoms with Gasteiger partial charge in [-0.2, -0.15) is 0 Å². The first-order valence-corrected chi connectivity index (χ1v) is 7.70. The van der Waals surface area contributed by atoms with Gasteiger partial charge < -0.3 is 5.32 Å². The lowest BCUT2D eigenvalue weighted by Gasteiger charge is -2.34. The Bertz CT molecular complexity index is 363. The van der Waals surface area contributed by atoms with Crippen LogP contribution in [0, 0.1) is 6.92 Å². The summed E-state index contributed by atoms with van der Waals surface area (Å²) in [6, 6.07) is 9.96. The van der Waals surface area contributed by atoms with Crippen molar-refractivity contribution in [3.8, 4) is 0 Å². The van der Waals surface area contributed by atoms with Crippen molar-refractivity contribution in [1.29, 1.82) is 0 Å². The summed E-state index contributed by atoms with van der Waals surface area (Å²) >= 11 is 0. The fourth-order valence-corrected chi connectivity index (χ4v) is 3.17. The molecule has 2 atom stereocenters. The van der Waals surface area contributed by atoms with Gasteiger partial charge in [0, 0.05) is 12.1 Å². The quantitative estimate of drug-likeness (QED) is 0.891. The molecule has 0 spiro atoms. The van der Waals surface area contributed by atoms with E-state index in [1.165, 1.54) is 49.9 Å². The molecule has 1 aliphatic heterocycles. The van der Waals surface area contributed by atoms with Crippen LogP contribution in [0.15, 0.2) is 24.3 Å². The largest absolute Gasteiger partial charge is 0.312 e. The fourth-order valence-electron chi connectivity index (χ4n) is 3.17. The van der Waals surface area contributed by atoms with Gasteiger partial charge in [-0.3, -0.25) is 4.90 Å². The van der Waals surface area contributed by atoms with Gasteiger partial charge in [0.15, 0.2) is 0 Å². The van der Waals surface area contributed by atoms with Gasteiger partial charge in [0.1, 0.15) is 0 Å². The smallest absolute Gasteiger partial charge is 0.0473 e. The lowest BCUT2D eigenvalue weighted by Crippen LogP contribution is -2.42. The lowest BCUT2D eigenvalue weighted by molar-refractivity contribution is 0.179. The van der Waals surface area contributed by atoms with E-state index in [1.807, 2.05) is 0 Å². The summed E-state index contributed by atoms with van der Waals surface area (Å²) in [6.07, 6.45) is 5.51. The minimum atomic E-state index is 0.429. The van der Waals surface area contributed by atoms with E-state index in [0.29, 0.717) is 12.1 Å². The van der Waals surface area contributed by atoms with E-state index in [-0.39, 0.29) is 0 Å². The zero-order valence-electron chi connectivity index (χ0n) is 12.7. The zero-order chi connectivity index (χ0) is 13.7. The molecule has 2 rings (SSSR count). The van der Waals surface area contributed by atoms with Crippen molar-refractivity contribution >= 4 is 0 Å². The fraction of sp³-hybridized carbons (Fsp3) is 0.647. The molecule has 1 saturated heterocycles. The van der Waals surface area contributed by atoms with E-state index in [9.17, 15) is 0 Å². The number of nitrogens with one attached hydrogen (secondary N) is 1. The van der Waals surface area contributed by atoms with Gasteiger partial charge in [-0.25, -0.2) is 0 Å². The lowest BCUT2D eigenvalue weighted by atomic mass is 9.98. The van der Waals surface area contributed by atoms with Crippen molar-refractivity contribution in [3.63, 3.8) is 0 Å². The molecule has 1 aromatic carbocycles. The predicted molar refractivity (Wildman–Crippen MR) is 82.5 cm³/mol. The highest BCUT2D eigenvalue weighted by atomic mass is 15.2. The molecule has 0 amide bonds. The number of benzene rings is 1. The first kappa shape index (κ1) is 14.5. The molecule has 0 bridgehead atoms. The Morgan fingerprint density at radius 2 is 1.58 bits per heavy atom. The summed E-state index contributed by atoms with van der Waals surface area (Å²) in [5.41, 5.74) is 2.74. The first-order chi connectivity index (χ1) is 9.22. The Morgan fingerprint density at radius 1 is 1.00 bits per heavy atom. The number of likely N-dealkylation sites (tertiary alicyclic amines) is 1. The highest BCUT2D eigenvalue weighted by Gasteiger charge is 2.24. The molecule has 1 aliphatic rings. The molecule has 106 valence electrons. The molecule has 0 aliphatic carbocycles. The van der Waals surface area contributed by atoms with Gasteiger partial charge in [-0.05, 0) is 52.4 Å². The van der Waals surface area contributed by atoms with Crippen LogP contribution in [0.2, 0.25) is 0 Å². The van der Waals surface area contributed by atoms with E-state index in [0.717, 1.165) is 0 Å². The molecule has 2 nitrogen and oxygen atoms in total. The summed E-state index contributed by atoms with van der Waals surface area (Å²) in [5, 5.41) is 3.51. The molecule has 0 aromatic heterocycles. The predicted octanol–water partition coefficient (Wildman–Crippen LogP) is 3.52. The molecule has 0 saturated carbocycles. The van der Waals surface area contributed by atoms with E-state index < -0.39 is 0 Å². The van der Waals surface area contributed by atoms with E-state index in [4.69, 9.17) is 0 Å². The first-order valence-electron chi connectivity index (χ1n) is 7.70. The Balaban J connectivity index is 2.09. The van der Waals surface area contributed by atoms with E-state index >= 15 is 0 Å². The molecular formula is C17H28N2. The second kappa shape index (κ2) is 7.06. The highest BCUT2D eigenvalue weighted by Crippen LogP contribution is 2.23. The van der Waals surface area contributed by atoms with E-state index in [1.54, 1.807) is 0 Å². The maximum absolute atomic E-state index is 3.51. The molecule has 2 heteroatoms. The van der Waals surface area contributed by atoms with Crippen molar-refractivity contribution in [2.45, 2.75) is 51.6 Å². The monoisotopic (exact) mass is 260 g/mol. The van der Waals surface area contributed by atoms with Gasteiger partial charge in [-0.15, -0.1) is 0 Å². The van der Waals surface area contributed by atoms with Gasteiger partial charge in [0.2, 0.25) is 0 Å². The Morgan fingerprint density at radius 3 is 2.11 bits per heavy atom. The molecule has 1 N–H and O–H groups in total. The number of rotatable bonds is 4. The van der Waals surface area contributed by atoms with Crippen LogP contribution >= 0.6 is 0 Å². The highest BCUT2D eigenvalue weighted by molar-refractivity contribution is 5.25. The average Bonchev–Trinajstić information content (AvgIpc) is 2.70. The zero-order valence-corrected chi connectivity index (χ0v) is 12.7. The minimum Gasteiger partial charge on any atom is -0.312 e. The van der Waals surface area contributed by atoms with Gasteiger partial charge in [0.05, 0.1) is 0 Å². The summed E-state index contributed by atoms with van der Waals surface area (Å²) in [4.78, 5) is 2.66. The van der Waals surface area contributed by atoms with Gasteiger partial charge in [-0.1, -0.05) is 42.7 Å². The summed E-state index contributed by atoms with van der Waals surface area (Å²) in [7, 11) is 2.08. The molecule has 1 aromatic rings. The van der Waals surface area contributed by atoms with Gasteiger partial charge >= 0.3 is 0 Å². The summed E-state index contributed by atoms with van der Waals surface area (Å²) < 4.78 is 0. The number of likely N-dealkylation sites (N-methyl/N-ethyl adjacent to an activating group) is 1. The van der Waals surface area contributed by atoms with Crippen LogP contribution in [0.5, 0.6) is 0 Å². The molecule has 2 unspecified atom stereocenters. The SMILES string of the molecule is CNC(c1ccc(C)cc1)C(C)N1CCCCCC1. The molecule has 0 radical (unpaired) electrons. The maximum atomic E-state index is 3.51. The maximum Gasteiger partial charge on any atom is 0.0473 e. The van der Waals surface area contributed by atoms with Crippen molar-refractivity contribution in [1.82, 2.24) is 10.2 Å². The van der Waals surface area contributed by atoms with E-state index in [2.05, 4.69) is 55.4 Å². The van der Waals surface area contributed by atoms with Crippen LogP contribution in [0.1, 0.15) is 49.8 Å². The Hall–Kier alpha value is -0.860. The van der Waals surface area contributed by atoms with Crippen LogP contribution in [0.25, 0.3) is 0 Å². The molecule has 1 fully saturated rings. The second-order valence-electron chi connectivity index (χ2n) is 5.87. The molecular weight excluding hydrogens is 232 g/mol. The number of aryl methyl sites for hydroxylation is 1. The standard InChI is InChI=1S/C17H28N2/c1-14-8-10-16(11-9-14)17(18-3)15(2)19-12-6-4-5-7-13-19/h8-11,15,17-18H,4-7,12-13H2,1-3H3. The van der Waals surface area contributed by atoms with Crippen LogP contribution in [-0.4, -0.2) is 31.1 Å². The average molecular weight is 260 g/mol. The third kappa shape index (κ3) is 3.80. The van der Waals surface area contributed by atoms with Crippen LogP contribution in [0.4, 0.5) is 0 Å². The molecule has 1 heterocycles. The second-order valence-corrected chi connectivity index (χ2v) is 5.87. The van der Waals surface area contributed by atoms with Gasteiger partial charge in [0.25, 0.3) is 0 Å². The van der Waals surface area contributed by atoms with Crippen molar-refractivity contribution < 1.29 is 0 Å². The van der Waals surface area contributed by atoms with Crippen LogP contribution < -0.4 is 5.32 Å². The minimum absolute atomic E-state index is 0.429. The Kier molecular flexibility index (Phi) is 5.41. The summed E-state index contributed by atoms with van der Waals surface area (Å²) in [6.45, 7) is 7.03. The topological polar surface area (TPSA) is 15.3 Å². The third-order valence-corrected chi connectivity index (χ3v) is 4.45. The third-order valence-electron chi connectivity index (χ3n) is 4.45. The molecule has 19 heavy (non-hydrogen) atoms. The van der Waals surface area contributed by atoms with Crippen molar-refractivity contribution in [3.05, 3.63) is 35.4 Å². The van der Waals surface area contributed by atoms with Crippen LogP contribution in [0.3, 0.4) is 0 Å². The van der Waals surface area contributed by atoms with Crippen molar-refractivity contribution in [2.75, 3.05) is 20.1 Å². The van der Waals surface area contributed by atoms with Crippen LogP contribution in [-0.2, 0) is 0 Å². The van der Waals surface area contributed by atoms with Crippen molar-refractivity contribution in [2.24, 2.45) is 0 Å². The number of hydrogen-bond donors (Lipinski definition) is 1. The number of nitrogens with zero attached hydrogens (tertiary/aromatic N) is 1.